The number of carbonyl (C=O) groups excluding carboxylic acids is 1. The first-order valence-corrected chi connectivity index (χ1v) is 8.89. The Bertz CT molecular complexity index is 906. The molecule has 0 unspecified atom stereocenters. The Morgan fingerprint density at radius 2 is 1.96 bits per heavy atom. The number of hydrogen-bond acceptors (Lipinski definition) is 5. The number of aromatic nitrogens is 2. The van der Waals surface area contributed by atoms with E-state index in [0.29, 0.717) is 19.2 Å². The quantitative estimate of drug-likeness (QED) is 0.358. The van der Waals surface area contributed by atoms with Crippen molar-refractivity contribution in [1.82, 2.24) is 14.9 Å². The average molecular weight is 472 g/mol. The maximum Gasteiger partial charge on any atom is 0.434 e. The number of alkyl halides is 3. The second-order valence-corrected chi connectivity index (χ2v) is 6.94. The lowest BCUT2D eigenvalue weighted by Crippen LogP contribution is -2.34. The predicted molar refractivity (Wildman–Crippen MR) is 92.9 cm³/mol. The summed E-state index contributed by atoms with van der Waals surface area (Å²) in [5.41, 5.74) is -1.69. The highest BCUT2D eigenvalue weighted by atomic mass is 79.9. The average Bonchev–Trinajstić information content (AvgIpc) is 3.11. The standard InChI is InChI=1S/C15H12BrClF4N4O2/c1-24(27-14(26)25-4-2-3-5-25)12-7-6-8(15(19,20)21)9(16)10(18)11(7)22-13(17)23-12/h6H,2-5H2,1H3. The van der Waals surface area contributed by atoms with E-state index in [9.17, 15) is 22.4 Å². The summed E-state index contributed by atoms with van der Waals surface area (Å²) in [6.45, 7) is 1.02. The normalized spacial score (nSPS) is 14.7. The van der Waals surface area contributed by atoms with E-state index in [-0.39, 0.29) is 11.2 Å². The molecule has 1 aliphatic heterocycles. The molecule has 12 heteroatoms. The molecule has 1 aromatic carbocycles. The van der Waals surface area contributed by atoms with Gasteiger partial charge in [0.25, 0.3) is 0 Å². The third kappa shape index (κ3) is 3.88. The van der Waals surface area contributed by atoms with Gasteiger partial charge in [-0.15, -0.1) is 0 Å². The number of likely N-dealkylation sites (tertiary alicyclic amines) is 1. The fourth-order valence-corrected chi connectivity index (χ4v) is 3.42. The number of carbonyl (C=O) groups is 1. The number of benzene rings is 1. The Balaban J connectivity index is 2.08. The Morgan fingerprint density at radius 1 is 1.33 bits per heavy atom. The van der Waals surface area contributed by atoms with Crippen LogP contribution in [-0.2, 0) is 11.0 Å². The SMILES string of the molecule is CN(OC(=O)N1CCCC1)c1nc(Cl)nc2c(F)c(Br)c(C(F)(F)F)cc12. The molecule has 0 spiro atoms. The number of anilines is 1. The van der Waals surface area contributed by atoms with Crippen molar-refractivity contribution in [2.45, 2.75) is 19.0 Å². The molecule has 6 nitrogen and oxygen atoms in total. The van der Waals surface area contributed by atoms with Crippen LogP contribution < -0.4 is 5.06 Å². The summed E-state index contributed by atoms with van der Waals surface area (Å²) in [7, 11) is 1.26. The minimum Gasteiger partial charge on any atom is -0.320 e. The number of amides is 1. The summed E-state index contributed by atoms with van der Waals surface area (Å²) in [6, 6.07) is 0.675. The van der Waals surface area contributed by atoms with E-state index in [1.54, 1.807) is 0 Å². The highest BCUT2D eigenvalue weighted by Gasteiger charge is 2.36. The van der Waals surface area contributed by atoms with Crippen LogP contribution in [0.5, 0.6) is 0 Å². The minimum atomic E-state index is -4.82. The van der Waals surface area contributed by atoms with Crippen molar-refractivity contribution in [2.24, 2.45) is 0 Å². The fraction of sp³-hybridized carbons (Fsp3) is 0.400. The monoisotopic (exact) mass is 470 g/mol. The first kappa shape index (κ1) is 19.9. The van der Waals surface area contributed by atoms with Crippen LogP contribution >= 0.6 is 27.5 Å². The molecule has 3 rings (SSSR count). The summed E-state index contributed by atoms with van der Waals surface area (Å²) < 4.78 is 53.3. The second-order valence-electron chi connectivity index (χ2n) is 5.81. The number of rotatable bonds is 2. The van der Waals surface area contributed by atoms with Gasteiger partial charge >= 0.3 is 12.3 Å². The van der Waals surface area contributed by atoms with E-state index >= 15 is 0 Å². The van der Waals surface area contributed by atoms with Gasteiger partial charge in [-0.2, -0.15) is 23.2 Å². The van der Waals surface area contributed by atoms with Gasteiger partial charge in [0.2, 0.25) is 5.28 Å². The van der Waals surface area contributed by atoms with Crippen molar-refractivity contribution in [3.63, 3.8) is 0 Å². The Labute approximate surface area is 164 Å². The minimum absolute atomic E-state index is 0.269. The molecule has 1 saturated heterocycles. The molecule has 0 saturated carbocycles. The van der Waals surface area contributed by atoms with Crippen molar-refractivity contribution in [3.8, 4) is 0 Å². The molecule has 0 atom stereocenters. The summed E-state index contributed by atoms with van der Waals surface area (Å²) in [6.07, 6.45) is -3.85. The zero-order valence-electron chi connectivity index (χ0n) is 13.8. The maximum atomic E-state index is 14.5. The van der Waals surface area contributed by atoms with Crippen LogP contribution in [0.1, 0.15) is 18.4 Å². The fourth-order valence-electron chi connectivity index (χ4n) is 2.73. The van der Waals surface area contributed by atoms with Crippen LogP contribution in [0.4, 0.5) is 28.2 Å². The predicted octanol–water partition coefficient (Wildman–Crippen LogP) is 4.79. The maximum absolute atomic E-state index is 14.5. The highest BCUT2D eigenvalue weighted by molar-refractivity contribution is 9.10. The van der Waals surface area contributed by atoms with Crippen molar-refractivity contribution in [1.29, 1.82) is 0 Å². The van der Waals surface area contributed by atoms with Gasteiger partial charge in [0.1, 0.15) is 5.52 Å². The van der Waals surface area contributed by atoms with Gasteiger partial charge in [0.15, 0.2) is 11.6 Å². The van der Waals surface area contributed by atoms with Crippen LogP contribution in [0.15, 0.2) is 10.5 Å². The van der Waals surface area contributed by atoms with Gasteiger partial charge in [-0.1, -0.05) is 0 Å². The number of hydroxylamine groups is 1. The Kier molecular flexibility index (Phi) is 5.35. The molecule has 1 fully saturated rings. The van der Waals surface area contributed by atoms with Gasteiger partial charge < -0.3 is 9.74 Å². The smallest absolute Gasteiger partial charge is 0.320 e. The Morgan fingerprint density at radius 3 is 2.56 bits per heavy atom. The van der Waals surface area contributed by atoms with Crippen LogP contribution in [0.2, 0.25) is 5.28 Å². The third-order valence-electron chi connectivity index (χ3n) is 4.01. The molecule has 0 radical (unpaired) electrons. The number of nitrogens with zero attached hydrogens (tertiary/aromatic N) is 4. The molecule has 0 bridgehead atoms. The lowest BCUT2D eigenvalue weighted by atomic mass is 10.1. The molecule has 2 aromatic rings. The molecule has 1 aliphatic rings. The molecule has 1 aromatic heterocycles. The van der Waals surface area contributed by atoms with Crippen LogP contribution in [-0.4, -0.2) is 41.1 Å². The second kappa shape index (κ2) is 7.27. The van der Waals surface area contributed by atoms with E-state index in [1.807, 2.05) is 0 Å². The summed E-state index contributed by atoms with van der Waals surface area (Å²) in [5.74, 6) is -1.51. The zero-order chi connectivity index (χ0) is 19.9. The van der Waals surface area contributed by atoms with Gasteiger partial charge in [-0.3, -0.25) is 0 Å². The molecular weight excluding hydrogens is 460 g/mol. The van der Waals surface area contributed by atoms with Crippen molar-refractivity contribution in [3.05, 3.63) is 27.2 Å². The molecule has 0 aliphatic carbocycles. The number of halogens is 6. The van der Waals surface area contributed by atoms with E-state index in [0.717, 1.165) is 17.9 Å². The molecule has 146 valence electrons. The third-order valence-corrected chi connectivity index (χ3v) is 4.95. The van der Waals surface area contributed by atoms with E-state index in [1.165, 1.54) is 11.9 Å². The van der Waals surface area contributed by atoms with Crippen molar-refractivity contribution >= 4 is 50.3 Å². The van der Waals surface area contributed by atoms with E-state index in [4.69, 9.17) is 16.4 Å². The first-order chi connectivity index (χ1) is 12.6. The number of fused-ring (bicyclic) bond motifs is 1. The van der Waals surface area contributed by atoms with Gasteiger partial charge in [0, 0.05) is 25.5 Å². The van der Waals surface area contributed by atoms with Crippen molar-refractivity contribution < 1.29 is 27.2 Å². The molecule has 1 amide bonds. The highest BCUT2D eigenvalue weighted by Crippen LogP contribution is 2.41. The van der Waals surface area contributed by atoms with Crippen LogP contribution in [0.3, 0.4) is 0 Å². The van der Waals surface area contributed by atoms with E-state index in [2.05, 4.69) is 25.9 Å². The van der Waals surface area contributed by atoms with E-state index < -0.39 is 38.9 Å². The molecule has 27 heavy (non-hydrogen) atoms. The lowest BCUT2D eigenvalue weighted by Gasteiger charge is -2.23. The molecule has 2 heterocycles. The van der Waals surface area contributed by atoms with Crippen LogP contribution in [0.25, 0.3) is 10.9 Å². The lowest BCUT2D eigenvalue weighted by molar-refractivity contribution is -0.138. The van der Waals surface area contributed by atoms with Crippen LogP contribution in [0, 0.1) is 5.82 Å². The summed E-state index contributed by atoms with van der Waals surface area (Å²) >= 11 is 8.39. The number of hydrogen-bond donors (Lipinski definition) is 0. The van der Waals surface area contributed by atoms with Gasteiger partial charge in [-0.25, -0.2) is 14.2 Å². The molecule has 0 N–H and O–H groups in total. The van der Waals surface area contributed by atoms with Gasteiger partial charge in [0.05, 0.1) is 10.0 Å². The summed E-state index contributed by atoms with van der Waals surface area (Å²) in [5, 5.41) is 0.139. The Hall–Kier alpha value is -1.88. The first-order valence-electron chi connectivity index (χ1n) is 7.72. The zero-order valence-corrected chi connectivity index (χ0v) is 16.1. The largest absolute Gasteiger partial charge is 0.434 e. The topological polar surface area (TPSA) is 58.6 Å². The van der Waals surface area contributed by atoms with Gasteiger partial charge in [-0.05, 0) is 46.4 Å². The summed E-state index contributed by atoms with van der Waals surface area (Å²) in [4.78, 5) is 26.2. The van der Waals surface area contributed by atoms with Crippen molar-refractivity contribution in [2.75, 3.05) is 25.2 Å². The molecular formula is C15H12BrClF4N4O2.